The number of aryl methyl sites for hydroxylation is 1. The van der Waals surface area contributed by atoms with Gasteiger partial charge in [0.1, 0.15) is 5.76 Å². The van der Waals surface area contributed by atoms with Crippen LogP contribution in [0.4, 0.5) is 5.69 Å². The maximum Gasteiger partial charge on any atom is 0.272 e. The quantitative estimate of drug-likeness (QED) is 0.627. The number of carbonyl (C=O) groups is 1. The average molecular weight is 300 g/mol. The smallest absolute Gasteiger partial charge is 0.272 e. The summed E-state index contributed by atoms with van der Waals surface area (Å²) in [5, 5.41) is 10.9. The van der Waals surface area contributed by atoms with Gasteiger partial charge in [-0.25, -0.2) is 0 Å². The zero-order valence-corrected chi connectivity index (χ0v) is 12.2. The van der Waals surface area contributed by atoms with Gasteiger partial charge in [-0.2, -0.15) is 0 Å². The second-order valence-electron chi connectivity index (χ2n) is 5.50. The predicted octanol–water partition coefficient (Wildman–Crippen LogP) is 3.30. The lowest BCUT2D eigenvalue weighted by atomic mass is 10.1. The zero-order valence-electron chi connectivity index (χ0n) is 12.2. The topological polar surface area (TPSA) is 76.6 Å². The second kappa shape index (κ2) is 5.63. The number of rotatable bonds is 5. The molecular weight excluding hydrogens is 284 g/mol. The van der Waals surface area contributed by atoms with Gasteiger partial charge < -0.3 is 9.32 Å². The average Bonchev–Trinajstić information content (AvgIpc) is 3.20. The molecule has 1 amide bonds. The third-order valence-corrected chi connectivity index (χ3v) is 3.80. The molecule has 1 aromatic carbocycles. The highest BCUT2D eigenvalue weighted by atomic mass is 16.6. The van der Waals surface area contributed by atoms with Crippen molar-refractivity contribution in [3.8, 4) is 0 Å². The molecule has 0 N–H and O–H groups in total. The fourth-order valence-corrected chi connectivity index (χ4v) is 2.48. The summed E-state index contributed by atoms with van der Waals surface area (Å²) >= 11 is 0. The molecule has 1 fully saturated rings. The van der Waals surface area contributed by atoms with Gasteiger partial charge in [0.25, 0.3) is 11.6 Å². The first kappa shape index (κ1) is 14.3. The summed E-state index contributed by atoms with van der Waals surface area (Å²) in [7, 11) is 0. The van der Waals surface area contributed by atoms with Crippen LogP contribution in [-0.4, -0.2) is 21.8 Å². The molecule has 114 valence electrons. The molecule has 1 saturated carbocycles. The van der Waals surface area contributed by atoms with Gasteiger partial charge in [-0.3, -0.25) is 14.9 Å². The molecule has 6 nitrogen and oxygen atoms in total. The SMILES string of the molecule is Cc1cc(C(=O)N(Cc2ccco2)C2CC2)ccc1[N+](=O)[O-]. The van der Waals surface area contributed by atoms with Crippen LogP contribution in [0.25, 0.3) is 0 Å². The maximum atomic E-state index is 12.7. The number of nitrogens with zero attached hydrogens (tertiary/aromatic N) is 2. The van der Waals surface area contributed by atoms with Crippen LogP contribution in [0.2, 0.25) is 0 Å². The Bertz CT molecular complexity index is 705. The number of nitro benzene ring substituents is 1. The number of furan rings is 1. The fraction of sp³-hybridized carbons (Fsp3) is 0.312. The van der Waals surface area contributed by atoms with Crippen LogP contribution in [0.15, 0.2) is 41.0 Å². The van der Waals surface area contributed by atoms with Gasteiger partial charge in [0.15, 0.2) is 0 Å². The van der Waals surface area contributed by atoms with E-state index in [1.165, 1.54) is 12.1 Å². The van der Waals surface area contributed by atoms with Gasteiger partial charge in [0, 0.05) is 23.2 Å². The summed E-state index contributed by atoms with van der Waals surface area (Å²) < 4.78 is 5.32. The van der Waals surface area contributed by atoms with Crippen LogP contribution in [-0.2, 0) is 6.54 Å². The van der Waals surface area contributed by atoms with E-state index in [2.05, 4.69) is 0 Å². The third-order valence-electron chi connectivity index (χ3n) is 3.80. The molecular formula is C16H16N2O4. The Balaban J connectivity index is 1.84. The van der Waals surface area contributed by atoms with E-state index in [0.717, 1.165) is 18.6 Å². The Morgan fingerprint density at radius 3 is 2.73 bits per heavy atom. The molecule has 0 aliphatic heterocycles. The maximum absolute atomic E-state index is 12.7. The summed E-state index contributed by atoms with van der Waals surface area (Å²) in [5.41, 5.74) is 0.992. The molecule has 0 saturated heterocycles. The molecule has 22 heavy (non-hydrogen) atoms. The lowest BCUT2D eigenvalue weighted by molar-refractivity contribution is -0.385. The Kier molecular flexibility index (Phi) is 3.66. The number of benzene rings is 1. The molecule has 1 aliphatic carbocycles. The van der Waals surface area contributed by atoms with E-state index >= 15 is 0 Å². The van der Waals surface area contributed by atoms with Gasteiger partial charge in [0.05, 0.1) is 17.7 Å². The van der Waals surface area contributed by atoms with Crippen molar-refractivity contribution >= 4 is 11.6 Å². The molecule has 0 spiro atoms. The summed E-state index contributed by atoms with van der Waals surface area (Å²) in [6, 6.07) is 8.35. The molecule has 0 atom stereocenters. The van der Waals surface area contributed by atoms with E-state index in [1.807, 2.05) is 6.07 Å². The van der Waals surface area contributed by atoms with Crippen molar-refractivity contribution in [3.05, 3.63) is 63.6 Å². The minimum Gasteiger partial charge on any atom is -0.467 e. The Morgan fingerprint density at radius 2 is 2.18 bits per heavy atom. The van der Waals surface area contributed by atoms with Crippen LogP contribution < -0.4 is 0 Å². The predicted molar refractivity (Wildman–Crippen MR) is 79.4 cm³/mol. The lowest BCUT2D eigenvalue weighted by Crippen LogP contribution is -2.32. The normalized spacial score (nSPS) is 13.9. The molecule has 1 aliphatic rings. The number of carbonyl (C=O) groups excluding carboxylic acids is 1. The van der Waals surface area contributed by atoms with Crippen molar-refractivity contribution in [1.82, 2.24) is 4.90 Å². The Morgan fingerprint density at radius 1 is 1.41 bits per heavy atom. The van der Waals surface area contributed by atoms with Crippen LogP contribution in [0, 0.1) is 17.0 Å². The first-order chi connectivity index (χ1) is 10.6. The molecule has 0 unspecified atom stereocenters. The van der Waals surface area contributed by atoms with Crippen molar-refractivity contribution in [1.29, 1.82) is 0 Å². The molecule has 0 bridgehead atoms. The van der Waals surface area contributed by atoms with Crippen molar-refractivity contribution in [3.63, 3.8) is 0 Å². The lowest BCUT2D eigenvalue weighted by Gasteiger charge is -2.21. The number of amides is 1. The standard InChI is InChI=1S/C16H16N2O4/c1-11-9-12(4-7-15(11)18(20)21)16(19)17(13-5-6-13)10-14-3-2-8-22-14/h2-4,7-9,13H,5-6,10H2,1H3. The van der Waals surface area contributed by atoms with Gasteiger partial charge in [-0.05, 0) is 44.0 Å². The Labute approximate surface area is 127 Å². The second-order valence-corrected chi connectivity index (χ2v) is 5.50. The first-order valence-electron chi connectivity index (χ1n) is 7.14. The van der Waals surface area contributed by atoms with Crippen molar-refractivity contribution in [2.45, 2.75) is 32.4 Å². The first-order valence-corrected chi connectivity index (χ1v) is 7.14. The van der Waals surface area contributed by atoms with Crippen LogP contribution in [0.3, 0.4) is 0 Å². The van der Waals surface area contributed by atoms with E-state index in [0.29, 0.717) is 17.7 Å². The molecule has 1 heterocycles. The number of hydrogen-bond donors (Lipinski definition) is 0. The van der Waals surface area contributed by atoms with Crippen LogP contribution in [0.1, 0.15) is 34.5 Å². The highest BCUT2D eigenvalue weighted by molar-refractivity contribution is 5.95. The number of nitro groups is 1. The van der Waals surface area contributed by atoms with Gasteiger partial charge >= 0.3 is 0 Å². The molecule has 3 rings (SSSR count). The molecule has 0 radical (unpaired) electrons. The van der Waals surface area contributed by atoms with E-state index in [4.69, 9.17) is 4.42 Å². The van der Waals surface area contributed by atoms with Gasteiger partial charge in [-0.15, -0.1) is 0 Å². The highest BCUT2D eigenvalue weighted by Crippen LogP contribution is 2.30. The molecule has 1 aromatic heterocycles. The third kappa shape index (κ3) is 2.86. The van der Waals surface area contributed by atoms with Crippen LogP contribution >= 0.6 is 0 Å². The van der Waals surface area contributed by atoms with Crippen molar-refractivity contribution in [2.75, 3.05) is 0 Å². The Hall–Kier alpha value is -2.63. The monoisotopic (exact) mass is 300 g/mol. The van der Waals surface area contributed by atoms with Gasteiger partial charge in [0.2, 0.25) is 0 Å². The van der Waals surface area contributed by atoms with Crippen molar-refractivity contribution < 1.29 is 14.1 Å². The van der Waals surface area contributed by atoms with E-state index in [1.54, 1.807) is 30.2 Å². The minimum atomic E-state index is -0.439. The molecule has 2 aromatic rings. The molecule has 6 heteroatoms. The minimum absolute atomic E-state index is 0.0283. The van der Waals surface area contributed by atoms with Crippen LogP contribution in [0.5, 0.6) is 0 Å². The zero-order chi connectivity index (χ0) is 15.7. The highest BCUT2D eigenvalue weighted by Gasteiger charge is 2.33. The summed E-state index contributed by atoms with van der Waals surface area (Å²) in [5.74, 6) is 0.621. The van der Waals surface area contributed by atoms with E-state index in [-0.39, 0.29) is 17.6 Å². The van der Waals surface area contributed by atoms with E-state index in [9.17, 15) is 14.9 Å². The number of hydrogen-bond acceptors (Lipinski definition) is 4. The summed E-state index contributed by atoms with van der Waals surface area (Å²) in [4.78, 5) is 24.9. The van der Waals surface area contributed by atoms with Gasteiger partial charge in [-0.1, -0.05) is 0 Å². The largest absolute Gasteiger partial charge is 0.467 e. The van der Waals surface area contributed by atoms with Crippen molar-refractivity contribution in [2.24, 2.45) is 0 Å². The summed E-state index contributed by atoms with van der Waals surface area (Å²) in [6.07, 6.45) is 3.55. The van der Waals surface area contributed by atoms with E-state index < -0.39 is 4.92 Å². The fourth-order valence-electron chi connectivity index (χ4n) is 2.48. The summed E-state index contributed by atoms with van der Waals surface area (Å²) in [6.45, 7) is 2.06.